The van der Waals surface area contributed by atoms with Crippen LogP contribution < -0.4 is 9.64 Å². The third-order valence-electron chi connectivity index (χ3n) is 11.7. The first-order valence-electron chi connectivity index (χ1n) is 18.0. The number of aliphatic hydroxyl groups excluding tert-OH is 1. The van der Waals surface area contributed by atoms with E-state index in [0.29, 0.717) is 30.4 Å². The molecule has 2 heterocycles. The van der Waals surface area contributed by atoms with E-state index in [1.54, 1.807) is 13.2 Å². The monoisotopic (exact) mass is 708 g/mol. The van der Waals surface area contributed by atoms with Crippen LogP contribution in [0.25, 0.3) is 0 Å². The highest BCUT2D eigenvalue weighted by atomic mass is 35.5. The van der Waals surface area contributed by atoms with Gasteiger partial charge in [-0.3, -0.25) is 9.59 Å². The maximum absolute atomic E-state index is 14.5. The number of aliphatic hydroxyl groups is 1. The molecule has 2 aromatic rings. The molecule has 1 spiro atoms. The van der Waals surface area contributed by atoms with Gasteiger partial charge < -0.3 is 19.5 Å². The number of ether oxygens (including phenoxy) is 2. The Morgan fingerprint density at radius 2 is 2.06 bits per heavy atom. The van der Waals surface area contributed by atoms with Crippen LogP contribution in [0.5, 0.6) is 5.75 Å². The molecule has 2 bridgehead atoms. The molecule has 2 fully saturated rings. The Kier molecular flexibility index (Phi) is 10.0. The number of hydrogen-bond acceptors (Lipinski definition) is 7. The van der Waals surface area contributed by atoms with Gasteiger partial charge in [0.15, 0.2) is 0 Å². The van der Waals surface area contributed by atoms with E-state index in [-0.39, 0.29) is 59.6 Å². The van der Waals surface area contributed by atoms with Crippen LogP contribution in [0.15, 0.2) is 52.9 Å². The van der Waals surface area contributed by atoms with E-state index in [2.05, 4.69) is 33.5 Å². The van der Waals surface area contributed by atoms with Crippen molar-refractivity contribution in [1.29, 1.82) is 0 Å². The number of allylic oxidation sites excluding steroid dienone is 1. The lowest BCUT2D eigenvalue weighted by Crippen LogP contribution is -2.49. The highest BCUT2D eigenvalue weighted by molar-refractivity contribution is 7.94. The maximum Gasteiger partial charge on any atom is 0.285 e. The predicted molar refractivity (Wildman–Crippen MR) is 193 cm³/mol. The normalized spacial score (nSPS) is 34.8. The van der Waals surface area contributed by atoms with Crippen LogP contribution in [-0.2, 0) is 31.1 Å². The molecule has 3 aliphatic carbocycles. The number of benzene rings is 2. The molecule has 2 saturated carbocycles. The number of amides is 1. The van der Waals surface area contributed by atoms with Gasteiger partial charge in [0.25, 0.3) is 5.91 Å². The Morgan fingerprint density at radius 1 is 1.20 bits per heavy atom. The summed E-state index contributed by atoms with van der Waals surface area (Å²) >= 11 is 6.45. The predicted octanol–water partition coefficient (Wildman–Crippen LogP) is 6.65. The number of Topliss-reactive ketones (excluding diaryl/α,β-unsaturated/α-hetero) is 1. The van der Waals surface area contributed by atoms with Crippen LogP contribution in [0.2, 0.25) is 5.02 Å². The van der Waals surface area contributed by atoms with E-state index in [4.69, 9.17) is 21.1 Å². The molecular weight excluding hydrogens is 660 g/mol. The number of ketones is 1. The van der Waals surface area contributed by atoms with Gasteiger partial charge >= 0.3 is 0 Å². The molecule has 5 aliphatic rings. The summed E-state index contributed by atoms with van der Waals surface area (Å²) in [6, 6.07) is 11.7. The second-order valence-corrected chi connectivity index (χ2v) is 18.2. The standard InChI is InChI=1S/C39H49ClN2O6S/c1-25-5-3-7-36(47-2)33-11-8-28(33)19-42-23-39(14-4-6-26-16-31(40)10-12-34(26)39)24-48-37-13-9-27(18-35(37)42)38(45)41-49(46,21-25)22-32(44)17-29-15-30(29)20-43/h3,7,9-10,12-13,16,18,25,28-30,33,36,43H,4-6,8,11,14-15,17,19-24H2,1-2H3/b7-3+/t25-,28-,29+,30+,33+,36-,39-,49+/m0/s1. The number of methoxy groups -OCH3 is 1. The summed E-state index contributed by atoms with van der Waals surface area (Å²) in [5.74, 6) is 0.869. The minimum atomic E-state index is -3.19. The SMILES string of the molecule is CO[C@H]1/C=C/C[C@H](C)C[S@@](=O)(CC(=O)C[C@H]2C[C@@H]2CO)=NC(=O)c2ccc3c(c2)N(C[C@@H]2CC[C@H]21)C[C@@]1(CCCc2cc(Cl)ccc21)CO3. The maximum atomic E-state index is 14.5. The number of anilines is 1. The van der Waals surface area contributed by atoms with Crippen LogP contribution in [0.4, 0.5) is 5.69 Å². The molecular formula is C39H49ClN2O6S. The zero-order chi connectivity index (χ0) is 34.3. The van der Waals surface area contributed by atoms with Crippen molar-refractivity contribution in [2.24, 2.45) is 34.0 Å². The molecule has 1 N–H and O–H groups in total. The van der Waals surface area contributed by atoms with Gasteiger partial charge in [-0.1, -0.05) is 36.7 Å². The topological polar surface area (TPSA) is 106 Å². The van der Waals surface area contributed by atoms with Gasteiger partial charge in [0.05, 0.1) is 33.9 Å². The minimum Gasteiger partial charge on any atom is -0.490 e. The van der Waals surface area contributed by atoms with Gasteiger partial charge in [-0.05, 0) is 116 Å². The summed E-state index contributed by atoms with van der Waals surface area (Å²) < 4.78 is 31.5. The van der Waals surface area contributed by atoms with E-state index in [0.717, 1.165) is 68.1 Å². The molecule has 0 radical (unpaired) electrons. The second-order valence-electron chi connectivity index (χ2n) is 15.4. The molecule has 0 aromatic heterocycles. The van der Waals surface area contributed by atoms with Crippen molar-refractivity contribution in [1.82, 2.24) is 0 Å². The number of hydrogen-bond donors (Lipinski definition) is 1. The van der Waals surface area contributed by atoms with E-state index in [9.17, 15) is 18.9 Å². The Bertz CT molecular complexity index is 1750. The van der Waals surface area contributed by atoms with Gasteiger partial charge in [-0.25, -0.2) is 4.21 Å². The quantitative estimate of drug-likeness (QED) is 0.335. The zero-order valence-electron chi connectivity index (χ0n) is 28.7. The molecule has 0 unspecified atom stereocenters. The molecule has 0 saturated heterocycles. The molecule has 49 heavy (non-hydrogen) atoms. The lowest BCUT2D eigenvalue weighted by atomic mass is 9.68. The van der Waals surface area contributed by atoms with E-state index in [1.807, 2.05) is 25.1 Å². The second kappa shape index (κ2) is 14.1. The van der Waals surface area contributed by atoms with E-state index >= 15 is 0 Å². The van der Waals surface area contributed by atoms with Gasteiger partial charge in [-0.2, -0.15) is 4.36 Å². The third kappa shape index (κ3) is 7.37. The highest BCUT2D eigenvalue weighted by Gasteiger charge is 2.44. The molecule has 7 rings (SSSR count). The van der Waals surface area contributed by atoms with Gasteiger partial charge in [-0.15, -0.1) is 0 Å². The molecule has 1 amide bonds. The highest BCUT2D eigenvalue weighted by Crippen LogP contribution is 2.47. The first kappa shape index (κ1) is 34.7. The van der Waals surface area contributed by atoms with Crippen LogP contribution >= 0.6 is 11.6 Å². The fourth-order valence-electron chi connectivity index (χ4n) is 8.86. The summed E-state index contributed by atoms with van der Waals surface area (Å²) in [6.45, 7) is 4.11. The van der Waals surface area contributed by atoms with Crippen LogP contribution in [0, 0.1) is 29.6 Å². The van der Waals surface area contributed by atoms with Crippen molar-refractivity contribution >= 4 is 38.7 Å². The first-order valence-corrected chi connectivity index (χ1v) is 20.2. The van der Waals surface area contributed by atoms with Crippen molar-refractivity contribution in [2.75, 3.05) is 49.8 Å². The molecule has 2 aromatic carbocycles. The Balaban J connectivity index is 1.27. The molecule has 8 nitrogen and oxygen atoms in total. The Morgan fingerprint density at radius 3 is 2.82 bits per heavy atom. The summed E-state index contributed by atoms with van der Waals surface area (Å²) in [5.41, 5.74) is 3.51. The largest absolute Gasteiger partial charge is 0.490 e. The van der Waals surface area contributed by atoms with E-state index < -0.39 is 15.6 Å². The Hall–Kier alpha value is -2.72. The lowest BCUT2D eigenvalue weighted by molar-refractivity contribution is -0.117. The van der Waals surface area contributed by atoms with E-state index in [1.165, 1.54) is 11.1 Å². The lowest BCUT2D eigenvalue weighted by Gasteiger charge is -2.46. The Labute approximate surface area is 295 Å². The molecule has 264 valence electrons. The minimum absolute atomic E-state index is 0.0328. The third-order valence-corrected chi connectivity index (χ3v) is 14.3. The summed E-state index contributed by atoms with van der Waals surface area (Å²) in [6.07, 6.45) is 11.1. The smallest absolute Gasteiger partial charge is 0.285 e. The van der Waals surface area contributed by atoms with Crippen molar-refractivity contribution in [3.8, 4) is 5.75 Å². The fraction of sp³-hybridized carbons (Fsp3) is 0.590. The van der Waals surface area contributed by atoms with Crippen LogP contribution in [0.3, 0.4) is 0 Å². The number of aryl methyl sites for hydroxylation is 1. The number of fused-ring (bicyclic) bond motifs is 4. The number of halogens is 1. The van der Waals surface area contributed by atoms with Gasteiger partial charge in [0, 0.05) is 55.0 Å². The molecule has 2 aliphatic heterocycles. The molecule has 8 atom stereocenters. The number of carbonyl (C=O) groups excluding carboxylic acids is 2. The number of carbonyl (C=O) groups is 2. The van der Waals surface area contributed by atoms with Crippen molar-refractivity contribution in [3.63, 3.8) is 0 Å². The first-order chi connectivity index (χ1) is 23.6. The fourth-order valence-corrected chi connectivity index (χ4v) is 11.4. The number of nitrogens with zero attached hydrogens (tertiary/aromatic N) is 2. The summed E-state index contributed by atoms with van der Waals surface area (Å²) in [7, 11) is -1.42. The van der Waals surface area contributed by atoms with Crippen molar-refractivity contribution in [3.05, 3.63) is 70.3 Å². The van der Waals surface area contributed by atoms with Crippen molar-refractivity contribution < 1.29 is 28.4 Å². The summed E-state index contributed by atoms with van der Waals surface area (Å²) in [5, 5.41) is 10.2. The number of rotatable bonds is 6. The van der Waals surface area contributed by atoms with Crippen LogP contribution in [-0.4, -0.2) is 72.0 Å². The van der Waals surface area contributed by atoms with Gasteiger partial charge in [0.2, 0.25) is 0 Å². The average molecular weight is 709 g/mol. The van der Waals surface area contributed by atoms with Crippen LogP contribution in [0.1, 0.15) is 73.4 Å². The molecule has 10 heteroatoms. The van der Waals surface area contributed by atoms with Gasteiger partial charge in [0.1, 0.15) is 11.5 Å². The average Bonchev–Trinajstić information content (AvgIpc) is 3.83. The zero-order valence-corrected chi connectivity index (χ0v) is 30.2. The van der Waals surface area contributed by atoms with Crippen molar-refractivity contribution in [2.45, 2.75) is 69.8 Å². The summed E-state index contributed by atoms with van der Waals surface area (Å²) in [4.78, 5) is 29.5.